The lowest BCUT2D eigenvalue weighted by Gasteiger charge is -2.33. The first-order valence-corrected chi connectivity index (χ1v) is 6.22. The van der Waals surface area contributed by atoms with E-state index in [0.717, 1.165) is 38.9 Å². The highest BCUT2D eigenvalue weighted by Gasteiger charge is 2.29. The summed E-state index contributed by atoms with van der Waals surface area (Å²) in [5.74, 6) is 0.546. The maximum atomic E-state index is 12.2. The summed E-state index contributed by atoms with van der Waals surface area (Å²) in [7, 11) is 0. The monoisotopic (exact) mass is 212 g/mol. The van der Waals surface area contributed by atoms with E-state index in [1.807, 2.05) is 4.90 Å². The van der Waals surface area contributed by atoms with Gasteiger partial charge in [-0.1, -0.05) is 6.92 Å². The first-order chi connectivity index (χ1) is 7.20. The second-order valence-corrected chi connectivity index (χ2v) is 4.41. The SMILES string of the molecule is CCCN(CC)C(=O)[C@@H]1CCCN[C@@H]1C. The van der Waals surface area contributed by atoms with Gasteiger partial charge in [-0.3, -0.25) is 4.79 Å². The number of carbonyl (C=O) groups is 1. The van der Waals surface area contributed by atoms with Crippen LogP contribution in [0.15, 0.2) is 0 Å². The van der Waals surface area contributed by atoms with Crippen LogP contribution in [-0.2, 0) is 4.79 Å². The molecule has 1 aliphatic rings. The van der Waals surface area contributed by atoms with E-state index >= 15 is 0 Å². The number of hydrogen-bond acceptors (Lipinski definition) is 2. The van der Waals surface area contributed by atoms with Crippen molar-refractivity contribution < 1.29 is 4.79 Å². The minimum atomic E-state index is 0.199. The predicted octanol–water partition coefficient (Wildman–Crippen LogP) is 1.63. The third-order valence-electron chi connectivity index (χ3n) is 3.27. The fourth-order valence-corrected chi connectivity index (χ4v) is 2.31. The molecular formula is C12H24N2O. The smallest absolute Gasteiger partial charge is 0.227 e. The molecule has 0 spiro atoms. The standard InChI is InChI=1S/C12H24N2O/c1-4-9-14(5-2)12(15)11-7-6-8-13-10(11)3/h10-11,13H,4-9H2,1-3H3/t10-,11-/m1/s1. The van der Waals surface area contributed by atoms with Gasteiger partial charge in [-0.2, -0.15) is 0 Å². The fourth-order valence-electron chi connectivity index (χ4n) is 2.31. The van der Waals surface area contributed by atoms with Gasteiger partial charge in [0, 0.05) is 19.1 Å². The molecule has 0 radical (unpaired) electrons. The molecule has 0 saturated carbocycles. The van der Waals surface area contributed by atoms with E-state index in [2.05, 4.69) is 26.1 Å². The van der Waals surface area contributed by atoms with Gasteiger partial charge in [-0.05, 0) is 39.7 Å². The molecule has 1 N–H and O–H groups in total. The van der Waals surface area contributed by atoms with Gasteiger partial charge in [0.15, 0.2) is 0 Å². The molecule has 1 aliphatic heterocycles. The highest BCUT2D eigenvalue weighted by molar-refractivity contribution is 5.79. The van der Waals surface area contributed by atoms with Crippen molar-refractivity contribution >= 4 is 5.91 Å². The van der Waals surface area contributed by atoms with E-state index in [1.165, 1.54) is 0 Å². The van der Waals surface area contributed by atoms with Gasteiger partial charge in [0.1, 0.15) is 0 Å². The van der Waals surface area contributed by atoms with Crippen LogP contribution >= 0.6 is 0 Å². The zero-order chi connectivity index (χ0) is 11.3. The van der Waals surface area contributed by atoms with Crippen molar-refractivity contribution in [3.8, 4) is 0 Å². The molecule has 0 bridgehead atoms. The Morgan fingerprint density at radius 3 is 2.73 bits per heavy atom. The van der Waals surface area contributed by atoms with E-state index in [1.54, 1.807) is 0 Å². The number of hydrogen-bond donors (Lipinski definition) is 1. The molecule has 0 aromatic carbocycles. The number of nitrogens with zero attached hydrogens (tertiary/aromatic N) is 1. The quantitative estimate of drug-likeness (QED) is 0.768. The van der Waals surface area contributed by atoms with Gasteiger partial charge in [0.2, 0.25) is 5.91 Å². The first kappa shape index (κ1) is 12.5. The lowest BCUT2D eigenvalue weighted by atomic mass is 9.90. The van der Waals surface area contributed by atoms with Crippen LogP contribution in [0.25, 0.3) is 0 Å². The molecule has 0 aromatic rings. The van der Waals surface area contributed by atoms with Crippen molar-refractivity contribution in [3.05, 3.63) is 0 Å². The Hall–Kier alpha value is -0.570. The van der Waals surface area contributed by atoms with Gasteiger partial charge >= 0.3 is 0 Å². The van der Waals surface area contributed by atoms with Gasteiger partial charge in [-0.15, -0.1) is 0 Å². The second kappa shape index (κ2) is 6.11. The molecule has 0 unspecified atom stereocenters. The topological polar surface area (TPSA) is 32.3 Å². The Balaban J connectivity index is 2.55. The summed E-state index contributed by atoms with van der Waals surface area (Å²) >= 11 is 0. The number of nitrogens with one attached hydrogen (secondary N) is 1. The Kier molecular flexibility index (Phi) is 5.09. The highest BCUT2D eigenvalue weighted by Crippen LogP contribution is 2.19. The van der Waals surface area contributed by atoms with Crippen LogP contribution in [-0.4, -0.2) is 36.5 Å². The summed E-state index contributed by atoms with van der Waals surface area (Å²) < 4.78 is 0. The minimum absolute atomic E-state index is 0.199. The molecule has 1 saturated heterocycles. The Bertz CT molecular complexity index is 206. The molecule has 0 aliphatic carbocycles. The average molecular weight is 212 g/mol. The van der Waals surface area contributed by atoms with Crippen LogP contribution in [0.3, 0.4) is 0 Å². The van der Waals surface area contributed by atoms with Crippen LogP contribution in [0.4, 0.5) is 0 Å². The third-order valence-corrected chi connectivity index (χ3v) is 3.27. The van der Waals surface area contributed by atoms with Crippen LogP contribution in [0.5, 0.6) is 0 Å². The van der Waals surface area contributed by atoms with Crippen molar-refractivity contribution in [1.82, 2.24) is 10.2 Å². The Morgan fingerprint density at radius 2 is 2.20 bits per heavy atom. The molecule has 15 heavy (non-hydrogen) atoms. The lowest BCUT2D eigenvalue weighted by Crippen LogP contribution is -2.48. The number of amides is 1. The molecule has 0 aromatic heterocycles. The lowest BCUT2D eigenvalue weighted by molar-refractivity contribution is -0.137. The normalized spacial score (nSPS) is 26.3. The van der Waals surface area contributed by atoms with Crippen LogP contribution in [0, 0.1) is 5.92 Å². The zero-order valence-electron chi connectivity index (χ0n) is 10.3. The maximum absolute atomic E-state index is 12.2. The molecule has 1 heterocycles. The van der Waals surface area contributed by atoms with Crippen molar-refractivity contribution in [2.45, 2.75) is 46.1 Å². The van der Waals surface area contributed by atoms with Crippen LogP contribution in [0.2, 0.25) is 0 Å². The van der Waals surface area contributed by atoms with E-state index in [-0.39, 0.29) is 5.92 Å². The van der Waals surface area contributed by atoms with E-state index in [9.17, 15) is 4.79 Å². The summed E-state index contributed by atoms with van der Waals surface area (Å²) in [6, 6.07) is 0.345. The Labute approximate surface area is 93.2 Å². The molecule has 1 rings (SSSR count). The summed E-state index contributed by atoms with van der Waals surface area (Å²) in [5.41, 5.74) is 0. The van der Waals surface area contributed by atoms with Gasteiger partial charge in [-0.25, -0.2) is 0 Å². The second-order valence-electron chi connectivity index (χ2n) is 4.41. The summed E-state index contributed by atoms with van der Waals surface area (Å²) in [5, 5.41) is 3.39. The summed E-state index contributed by atoms with van der Waals surface area (Å²) in [6.45, 7) is 9.12. The van der Waals surface area contributed by atoms with E-state index < -0.39 is 0 Å². The van der Waals surface area contributed by atoms with Crippen molar-refractivity contribution in [3.63, 3.8) is 0 Å². The van der Waals surface area contributed by atoms with Crippen molar-refractivity contribution in [1.29, 1.82) is 0 Å². The molecule has 88 valence electrons. The Morgan fingerprint density at radius 1 is 1.47 bits per heavy atom. The third kappa shape index (κ3) is 3.20. The van der Waals surface area contributed by atoms with Crippen LogP contribution < -0.4 is 5.32 Å². The van der Waals surface area contributed by atoms with E-state index in [0.29, 0.717) is 11.9 Å². The predicted molar refractivity (Wildman–Crippen MR) is 62.7 cm³/mol. The summed E-state index contributed by atoms with van der Waals surface area (Å²) in [6.07, 6.45) is 3.23. The zero-order valence-corrected chi connectivity index (χ0v) is 10.3. The average Bonchev–Trinajstić information content (AvgIpc) is 2.25. The number of piperidine rings is 1. The maximum Gasteiger partial charge on any atom is 0.227 e. The van der Waals surface area contributed by atoms with Crippen molar-refractivity contribution in [2.75, 3.05) is 19.6 Å². The molecular weight excluding hydrogens is 188 g/mol. The van der Waals surface area contributed by atoms with Crippen molar-refractivity contribution in [2.24, 2.45) is 5.92 Å². The van der Waals surface area contributed by atoms with Gasteiger partial charge in [0.25, 0.3) is 0 Å². The number of carbonyl (C=O) groups excluding carboxylic acids is 1. The summed E-state index contributed by atoms with van der Waals surface area (Å²) in [4.78, 5) is 14.2. The van der Waals surface area contributed by atoms with Crippen LogP contribution in [0.1, 0.15) is 40.0 Å². The fraction of sp³-hybridized carbons (Fsp3) is 0.917. The number of rotatable bonds is 4. The molecule has 3 nitrogen and oxygen atoms in total. The largest absolute Gasteiger partial charge is 0.343 e. The molecule has 1 amide bonds. The molecule has 2 atom stereocenters. The van der Waals surface area contributed by atoms with Gasteiger partial charge < -0.3 is 10.2 Å². The minimum Gasteiger partial charge on any atom is -0.343 e. The molecule has 1 fully saturated rings. The first-order valence-electron chi connectivity index (χ1n) is 6.22. The van der Waals surface area contributed by atoms with Gasteiger partial charge in [0.05, 0.1) is 5.92 Å². The molecule has 3 heteroatoms. The van der Waals surface area contributed by atoms with E-state index in [4.69, 9.17) is 0 Å². The highest BCUT2D eigenvalue weighted by atomic mass is 16.2.